The predicted octanol–water partition coefficient (Wildman–Crippen LogP) is 0.869. The zero-order valence-corrected chi connectivity index (χ0v) is 10.9. The van der Waals surface area contributed by atoms with Gasteiger partial charge in [-0.2, -0.15) is 0 Å². The summed E-state index contributed by atoms with van der Waals surface area (Å²) >= 11 is 0. The Labute approximate surface area is 102 Å². The molecule has 5 heteroatoms. The van der Waals surface area contributed by atoms with Crippen LogP contribution in [-0.2, 0) is 19.1 Å². The Morgan fingerprint density at radius 1 is 1.71 bits per heavy atom. The fourth-order valence-electron chi connectivity index (χ4n) is 1.79. The summed E-state index contributed by atoms with van der Waals surface area (Å²) in [6, 6.07) is -0.0163. The van der Waals surface area contributed by atoms with Gasteiger partial charge >= 0.3 is 11.9 Å². The number of esters is 2. The molecule has 0 aromatic carbocycles. The van der Waals surface area contributed by atoms with E-state index in [1.165, 1.54) is 0 Å². The maximum Gasteiger partial charge on any atom is 0.347 e. The quantitative estimate of drug-likeness (QED) is 0.726. The lowest BCUT2D eigenvalue weighted by atomic mass is 9.80. The Morgan fingerprint density at radius 3 is 2.76 bits per heavy atom. The minimum atomic E-state index is -0.725. The van der Waals surface area contributed by atoms with Gasteiger partial charge in [-0.3, -0.25) is 4.79 Å². The fourth-order valence-corrected chi connectivity index (χ4v) is 1.79. The van der Waals surface area contributed by atoms with E-state index in [1.54, 1.807) is 7.05 Å². The lowest BCUT2D eigenvalue weighted by Gasteiger charge is -2.32. The predicted molar refractivity (Wildman–Crippen MR) is 62.4 cm³/mol. The van der Waals surface area contributed by atoms with Crippen molar-refractivity contribution in [2.75, 3.05) is 13.7 Å². The van der Waals surface area contributed by atoms with E-state index in [2.05, 4.69) is 5.32 Å². The number of rotatable bonds is 5. The largest absolute Gasteiger partial charge is 0.463 e. The van der Waals surface area contributed by atoms with Crippen LogP contribution in [0, 0.1) is 5.41 Å². The van der Waals surface area contributed by atoms with Gasteiger partial charge in [-0.1, -0.05) is 6.92 Å². The van der Waals surface area contributed by atoms with Gasteiger partial charge in [0.1, 0.15) is 0 Å². The minimum absolute atomic E-state index is 0.0163. The van der Waals surface area contributed by atoms with Crippen LogP contribution in [0.5, 0.6) is 0 Å². The highest BCUT2D eigenvalue weighted by molar-refractivity contribution is 5.83. The fraction of sp³-hybridized carbons (Fsp3) is 0.833. The Kier molecular flexibility index (Phi) is 4.51. The molecule has 0 aromatic heterocycles. The van der Waals surface area contributed by atoms with Gasteiger partial charge in [0.15, 0.2) is 0 Å². The highest BCUT2D eigenvalue weighted by Crippen LogP contribution is 2.29. The van der Waals surface area contributed by atoms with Crippen molar-refractivity contribution in [1.29, 1.82) is 0 Å². The van der Waals surface area contributed by atoms with Crippen molar-refractivity contribution in [3.8, 4) is 0 Å². The molecule has 1 saturated heterocycles. The summed E-state index contributed by atoms with van der Waals surface area (Å²) in [7, 11) is 1.80. The van der Waals surface area contributed by atoms with E-state index in [9.17, 15) is 9.59 Å². The van der Waals surface area contributed by atoms with Crippen LogP contribution in [0.15, 0.2) is 0 Å². The first-order chi connectivity index (χ1) is 7.95. The average molecular weight is 243 g/mol. The van der Waals surface area contributed by atoms with Crippen molar-refractivity contribution in [1.82, 2.24) is 5.32 Å². The number of hydrogen-bond acceptors (Lipinski definition) is 5. The van der Waals surface area contributed by atoms with Crippen LogP contribution in [0.4, 0.5) is 0 Å². The van der Waals surface area contributed by atoms with E-state index in [-0.39, 0.29) is 12.0 Å². The van der Waals surface area contributed by atoms with Crippen molar-refractivity contribution < 1.29 is 19.1 Å². The van der Waals surface area contributed by atoms with Crippen LogP contribution < -0.4 is 5.32 Å². The Hall–Kier alpha value is -1.10. The van der Waals surface area contributed by atoms with Gasteiger partial charge in [-0.05, 0) is 27.3 Å². The second kappa shape index (κ2) is 5.49. The zero-order chi connectivity index (χ0) is 13.1. The number of carbonyl (C=O) groups excluding carboxylic acids is 2. The summed E-state index contributed by atoms with van der Waals surface area (Å²) in [5.41, 5.74) is -0.627. The SMILES string of the molecule is CCC(C)(C(=O)OC1CCOC1=O)C(C)NC. The summed E-state index contributed by atoms with van der Waals surface area (Å²) in [6.45, 7) is 6.04. The van der Waals surface area contributed by atoms with Crippen LogP contribution in [-0.4, -0.2) is 37.7 Å². The summed E-state index contributed by atoms with van der Waals surface area (Å²) in [6.07, 6.45) is 0.380. The molecular formula is C12H21NO4. The Morgan fingerprint density at radius 2 is 2.35 bits per heavy atom. The second-order valence-corrected chi connectivity index (χ2v) is 4.63. The molecule has 0 bridgehead atoms. The van der Waals surface area contributed by atoms with Gasteiger partial charge in [0.2, 0.25) is 6.10 Å². The van der Waals surface area contributed by atoms with Gasteiger partial charge in [0.05, 0.1) is 12.0 Å². The Balaban J connectivity index is 2.69. The maximum absolute atomic E-state index is 12.1. The van der Waals surface area contributed by atoms with Crippen LogP contribution in [0.3, 0.4) is 0 Å². The molecule has 0 radical (unpaired) electrons. The highest BCUT2D eigenvalue weighted by atomic mass is 16.6. The molecule has 0 aliphatic carbocycles. The Bertz CT molecular complexity index is 305. The lowest BCUT2D eigenvalue weighted by molar-refractivity contribution is -0.169. The summed E-state index contributed by atoms with van der Waals surface area (Å²) in [5, 5.41) is 3.06. The molecular weight excluding hydrogens is 222 g/mol. The molecule has 5 nitrogen and oxygen atoms in total. The molecule has 0 amide bonds. The van der Waals surface area contributed by atoms with Gasteiger partial charge in [0.25, 0.3) is 0 Å². The smallest absolute Gasteiger partial charge is 0.347 e. The average Bonchev–Trinajstić information content (AvgIpc) is 2.72. The molecule has 1 aliphatic rings. The lowest BCUT2D eigenvalue weighted by Crippen LogP contribution is -2.47. The molecule has 1 heterocycles. The van der Waals surface area contributed by atoms with Gasteiger partial charge in [0, 0.05) is 12.5 Å². The molecule has 1 aliphatic heterocycles. The van der Waals surface area contributed by atoms with Crippen LogP contribution in [0.25, 0.3) is 0 Å². The van der Waals surface area contributed by atoms with Gasteiger partial charge in [-0.15, -0.1) is 0 Å². The van der Waals surface area contributed by atoms with E-state index in [0.29, 0.717) is 19.4 Å². The highest BCUT2D eigenvalue weighted by Gasteiger charge is 2.41. The summed E-state index contributed by atoms with van der Waals surface area (Å²) in [5.74, 6) is -0.778. The van der Waals surface area contributed by atoms with E-state index >= 15 is 0 Å². The maximum atomic E-state index is 12.1. The standard InChI is InChI=1S/C12H21NO4/c1-5-12(3,8(2)13-4)11(15)17-9-6-7-16-10(9)14/h8-9,13H,5-7H2,1-4H3. The van der Waals surface area contributed by atoms with E-state index in [1.807, 2.05) is 20.8 Å². The van der Waals surface area contributed by atoms with Crippen molar-refractivity contribution in [2.24, 2.45) is 5.41 Å². The van der Waals surface area contributed by atoms with E-state index in [4.69, 9.17) is 9.47 Å². The first-order valence-corrected chi connectivity index (χ1v) is 6.00. The molecule has 0 spiro atoms. The second-order valence-electron chi connectivity index (χ2n) is 4.63. The molecule has 0 saturated carbocycles. The molecule has 17 heavy (non-hydrogen) atoms. The van der Waals surface area contributed by atoms with E-state index in [0.717, 1.165) is 0 Å². The summed E-state index contributed by atoms with van der Waals surface area (Å²) in [4.78, 5) is 23.4. The third kappa shape index (κ3) is 2.77. The summed E-state index contributed by atoms with van der Waals surface area (Å²) < 4.78 is 10.0. The topological polar surface area (TPSA) is 64.6 Å². The number of nitrogens with one attached hydrogen (secondary N) is 1. The zero-order valence-electron chi connectivity index (χ0n) is 10.9. The molecule has 1 rings (SSSR count). The van der Waals surface area contributed by atoms with Crippen molar-refractivity contribution in [3.63, 3.8) is 0 Å². The first-order valence-electron chi connectivity index (χ1n) is 6.00. The normalized spacial score (nSPS) is 24.9. The number of ether oxygens (including phenoxy) is 2. The number of carbonyl (C=O) groups is 2. The molecule has 1 N–H and O–H groups in total. The molecule has 3 atom stereocenters. The van der Waals surface area contributed by atoms with Crippen molar-refractivity contribution in [2.45, 2.75) is 45.8 Å². The number of hydrogen-bond donors (Lipinski definition) is 1. The monoisotopic (exact) mass is 243 g/mol. The van der Waals surface area contributed by atoms with Crippen LogP contribution in [0.2, 0.25) is 0 Å². The molecule has 0 aromatic rings. The molecule has 3 unspecified atom stereocenters. The van der Waals surface area contributed by atoms with Gasteiger partial charge < -0.3 is 14.8 Å². The van der Waals surface area contributed by atoms with Crippen LogP contribution >= 0.6 is 0 Å². The van der Waals surface area contributed by atoms with E-state index < -0.39 is 17.5 Å². The van der Waals surface area contributed by atoms with Crippen LogP contribution in [0.1, 0.15) is 33.6 Å². The molecule has 1 fully saturated rings. The minimum Gasteiger partial charge on any atom is -0.463 e. The third-order valence-electron chi connectivity index (χ3n) is 3.73. The van der Waals surface area contributed by atoms with Crippen molar-refractivity contribution in [3.05, 3.63) is 0 Å². The first kappa shape index (κ1) is 14.0. The third-order valence-corrected chi connectivity index (χ3v) is 3.73. The number of cyclic esters (lactones) is 1. The van der Waals surface area contributed by atoms with Crippen molar-refractivity contribution >= 4 is 11.9 Å². The van der Waals surface area contributed by atoms with Gasteiger partial charge in [-0.25, -0.2) is 4.79 Å². The molecule has 98 valence electrons.